The molecule has 0 aromatic rings. The van der Waals surface area contributed by atoms with Crippen molar-refractivity contribution in [3.63, 3.8) is 0 Å². The Morgan fingerprint density at radius 3 is 2.62 bits per heavy atom. The van der Waals surface area contributed by atoms with Gasteiger partial charge in [-0.15, -0.1) is 0 Å². The summed E-state index contributed by atoms with van der Waals surface area (Å²) < 4.78 is 5.71. The summed E-state index contributed by atoms with van der Waals surface area (Å²) in [7, 11) is 0. The molecule has 3 atom stereocenters. The van der Waals surface area contributed by atoms with Crippen LogP contribution in [0.2, 0.25) is 0 Å². The number of rotatable bonds is 3. The first-order valence-corrected chi connectivity index (χ1v) is 7.42. The first-order chi connectivity index (χ1) is 7.57. The van der Waals surface area contributed by atoms with E-state index in [4.69, 9.17) is 4.74 Å². The molecule has 3 nitrogen and oxygen atoms in total. The summed E-state index contributed by atoms with van der Waals surface area (Å²) in [5.41, 5.74) is -0.463. The number of thioether (sulfide) groups is 1. The number of aliphatic hydroxyl groups is 1. The van der Waals surface area contributed by atoms with Gasteiger partial charge < -0.3 is 15.2 Å². The summed E-state index contributed by atoms with van der Waals surface area (Å²) in [6.07, 6.45) is 3.74. The average molecular weight is 245 g/mol. The predicted octanol–water partition coefficient (Wildman–Crippen LogP) is 1.40. The third-order valence-electron chi connectivity index (χ3n) is 3.50. The minimum Gasteiger partial charge on any atom is -0.388 e. The number of nitrogens with one attached hydrogen (secondary N) is 1. The van der Waals surface area contributed by atoms with Crippen LogP contribution in [0.4, 0.5) is 0 Å². The van der Waals surface area contributed by atoms with Crippen molar-refractivity contribution in [2.75, 3.05) is 18.1 Å². The molecule has 0 saturated carbocycles. The minimum atomic E-state index is -0.463. The predicted molar refractivity (Wildman–Crippen MR) is 67.9 cm³/mol. The first-order valence-electron chi connectivity index (χ1n) is 6.26. The van der Waals surface area contributed by atoms with E-state index in [2.05, 4.69) is 19.2 Å². The Hall–Kier alpha value is 0.230. The molecule has 4 heteroatoms. The van der Waals surface area contributed by atoms with Crippen molar-refractivity contribution in [2.45, 2.75) is 57.0 Å². The van der Waals surface area contributed by atoms with E-state index in [9.17, 15) is 5.11 Å². The molecule has 2 saturated heterocycles. The maximum absolute atomic E-state index is 10.2. The largest absolute Gasteiger partial charge is 0.388 e. The zero-order valence-corrected chi connectivity index (χ0v) is 11.1. The lowest BCUT2D eigenvalue weighted by atomic mass is 9.97. The topological polar surface area (TPSA) is 41.5 Å². The Morgan fingerprint density at radius 1 is 1.38 bits per heavy atom. The van der Waals surface area contributed by atoms with Crippen LogP contribution < -0.4 is 5.32 Å². The zero-order chi connectivity index (χ0) is 11.6. The Kier molecular flexibility index (Phi) is 4.16. The Morgan fingerprint density at radius 2 is 2.06 bits per heavy atom. The molecule has 16 heavy (non-hydrogen) atoms. The summed E-state index contributed by atoms with van der Waals surface area (Å²) in [4.78, 5) is 0. The van der Waals surface area contributed by atoms with Crippen molar-refractivity contribution in [3.8, 4) is 0 Å². The van der Waals surface area contributed by atoms with Gasteiger partial charge in [0.15, 0.2) is 0 Å². The molecule has 2 aliphatic rings. The van der Waals surface area contributed by atoms with Crippen molar-refractivity contribution >= 4 is 11.8 Å². The molecule has 2 aliphatic heterocycles. The molecular formula is C12H23NO2S. The number of hydrogen-bond acceptors (Lipinski definition) is 4. The van der Waals surface area contributed by atoms with Gasteiger partial charge in [0.2, 0.25) is 0 Å². The standard InChI is InChI=1S/C12H23NO2S/c1-9-5-11(6-10(2)15-9)13-7-12(14)3-4-16-8-12/h9-11,13-14H,3-8H2,1-2H3. The van der Waals surface area contributed by atoms with E-state index in [0.717, 1.165) is 37.3 Å². The molecule has 2 N–H and O–H groups in total. The van der Waals surface area contributed by atoms with Gasteiger partial charge in [-0.05, 0) is 38.9 Å². The third kappa shape index (κ3) is 3.36. The van der Waals surface area contributed by atoms with E-state index >= 15 is 0 Å². The third-order valence-corrected chi connectivity index (χ3v) is 4.73. The van der Waals surface area contributed by atoms with Gasteiger partial charge in [0.1, 0.15) is 0 Å². The fraction of sp³-hybridized carbons (Fsp3) is 1.00. The lowest BCUT2D eigenvalue weighted by Gasteiger charge is -2.34. The highest BCUT2D eigenvalue weighted by Crippen LogP contribution is 2.28. The number of ether oxygens (including phenoxy) is 1. The van der Waals surface area contributed by atoms with Gasteiger partial charge in [0, 0.05) is 18.3 Å². The quantitative estimate of drug-likeness (QED) is 0.788. The highest BCUT2D eigenvalue weighted by molar-refractivity contribution is 7.99. The van der Waals surface area contributed by atoms with Crippen LogP contribution in [0.25, 0.3) is 0 Å². The molecule has 2 heterocycles. The van der Waals surface area contributed by atoms with Gasteiger partial charge in [-0.25, -0.2) is 0 Å². The molecule has 2 fully saturated rings. The van der Waals surface area contributed by atoms with Crippen LogP contribution in [-0.4, -0.2) is 47.0 Å². The summed E-state index contributed by atoms with van der Waals surface area (Å²) in [5.74, 6) is 1.98. The van der Waals surface area contributed by atoms with E-state index in [1.165, 1.54) is 0 Å². The maximum Gasteiger partial charge on any atom is 0.0869 e. The lowest BCUT2D eigenvalue weighted by Crippen LogP contribution is -2.48. The van der Waals surface area contributed by atoms with E-state index < -0.39 is 5.60 Å². The van der Waals surface area contributed by atoms with Gasteiger partial charge in [-0.1, -0.05) is 0 Å². The van der Waals surface area contributed by atoms with E-state index in [-0.39, 0.29) is 0 Å². The Labute approximate surface area is 102 Å². The van der Waals surface area contributed by atoms with Gasteiger partial charge in [-0.3, -0.25) is 0 Å². The second-order valence-corrected chi connectivity index (χ2v) is 6.44. The van der Waals surface area contributed by atoms with Crippen LogP contribution >= 0.6 is 11.8 Å². The van der Waals surface area contributed by atoms with E-state index in [1.807, 2.05) is 11.8 Å². The van der Waals surface area contributed by atoms with Gasteiger partial charge in [0.25, 0.3) is 0 Å². The molecule has 0 amide bonds. The highest BCUT2D eigenvalue weighted by Gasteiger charge is 2.33. The van der Waals surface area contributed by atoms with E-state index in [0.29, 0.717) is 18.2 Å². The number of hydrogen-bond donors (Lipinski definition) is 2. The second kappa shape index (κ2) is 5.25. The normalized spacial score (nSPS) is 44.8. The SMILES string of the molecule is CC1CC(NCC2(O)CCSC2)CC(C)O1. The second-order valence-electron chi connectivity index (χ2n) is 5.33. The summed E-state index contributed by atoms with van der Waals surface area (Å²) in [6.45, 7) is 5.00. The van der Waals surface area contributed by atoms with Crippen molar-refractivity contribution in [3.05, 3.63) is 0 Å². The van der Waals surface area contributed by atoms with Crippen LogP contribution in [-0.2, 0) is 4.74 Å². The smallest absolute Gasteiger partial charge is 0.0869 e. The average Bonchev–Trinajstić information content (AvgIpc) is 2.62. The maximum atomic E-state index is 10.2. The van der Waals surface area contributed by atoms with Crippen LogP contribution in [0.3, 0.4) is 0 Å². The molecule has 2 rings (SSSR count). The highest BCUT2D eigenvalue weighted by atomic mass is 32.2. The molecular weight excluding hydrogens is 222 g/mol. The summed E-state index contributed by atoms with van der Waals surface area (Å²) in [6, 6.07) is 0.508. The van der Waals surface area contributed by atoms with Crippen LogP contribution in [0, 0.1) is 0 Å². The van der Waals surface area contributed by atoms with E-state index in [1.54, 1.807) is 0 Å². The van der Waals surface area contributed by atoms with Gasteiger partial charge in [0.05, 0.1) is 17.8 Å². The van der Waals surface area contributed by atoms with Gasteiger partial charge >= 0.3 is 0 Å². The monoisotopic (exact) mass is 245 g/mol. The molecule has 94 valence electrons. The van der Waals surface area contributed by atoms with Crippen molar-refractivity contribution in [1.29, 1.82) is 0 Å². The van der Waals surface area contributed by atoms with Crippen molar-refractivity contribution in [1.82, 2.24) is 5.32 Å². The molecule has 3 unspecified atom stereocenters. The van der Waals surface area contributed by atoms with Crippen LogP contribution in [0.15, 0.2) is 0 Å². The fourth-order valence-corrected chi connectivity index (χ4v) is 3.94. The van der Waals surface area contributed by atoms with Crippen LogP contribution in [0.5, 0.6) is 0 Å². The Bertz CT molecular complexity index is 221. The molecule has 0 bridgehead atoms. The first kappa shape index (κ1) is 12.7. The van der Waals surface area contributed by atoms with Crippen molar-refractivity contribution < 1.29 is 9.84 Å². The zero-order valence-electron chi connectivity index (χ0n) is 10.2. The molecule has 0 aromatic heterocycles. The summed E-state index contributed by atoms with van der Waals surface area (Å²) >= 11 is 1.85. The molecule has 0 aliphatic carbocycles. The lowest BCUT2D eigenvalue weighted by molar-refractivity contribution is -0.0456. The van der Waals surface area contributed by atoms with Crippen molar-refractivity contribution in [2.24, 2.45) is 0 Å². The van der Waals surface area contributed by atoms with Gasteiger partial charge in [-0.2, -0.15) is 11.8 Å². The molecule has 0 spiro atoms. The molecule has 0 radical (unpaired) electrons. The minimum absolute atomic E-state index is 0.342. The summed E-state index contributed by atoms with van der Waals surface area (Å²) in [5, 5.41) is 13.8. The van der Waals surface area contributed by atoms with Crippen LogP contribution in [0.1, 0.15) is 33.1 Å². The Balaban J connectivity index is 1.76. The molecule has 0 aromatic carbocycles. The fourth-order valence-electron chi connectivity index (χ4n) is 2.64.